The number of rotatable bonds is 9. The first-order chi connectivity index (χ1) is 15.8. The molecule has 1 heterocycles. The summed E-state index contributed by atoms with van der Waals surface area (Å²) >= 11 is 5.86. The first-order valence-corrected chi connectivity index (χ1v) is 12.6. The summed E-state index contributed by atoms with van der Waals surface area (Å²) in [6.07, 6.45) is 0.685. The van der Waals surface area contributed by atoms with E-state index in [0.29, 0.717) is 23.4 Å². The van der Waals surface area contributed by atoms with Gasteiger partial charge in [-0.2, -0.15) is 4.31 Å². The Labute approximate surface area is 199 Å². The molecular formula is C23H28ClN3O5S. The molecule has 0 spiro atoms. The number of ether oxygens (including phenoxy) is 1. The summed E-state index contributed by atoms with van der Waals surface area (Å²) in [6.45, 7) is 2.61. The summed E-state index contributed by atoms with van der Waals surface area (Å²) < 4.78 is 32.9. The lowest BCUT2D eigenvalue weighted by Crippen LogP contribution is -2.52. The summed E-state index contributed by atoms with van der Waals surface area (Å²) in [5.74, 6) is -0.652. The highest BCUT2D eigenvalue weighted by molar-refractivity contribution is 7.89. The largest absolute Gasteiger partial charge is 0.374 e. The summed E-state index contributed by atoms with van der Waals surface area (Å²) in [5.41, 5.74) is 0.477. The Kier molecular flexibility index (Phi) is 8.85. The fraction of sp³-hybridized carbons (Fsp3) is 0.391. The molecule has 2 atom stereocenters. The highest BCUT2D eigenvalue weighted by atomic mass is 35.5. The Morgan fingerprint density at radius 1 is 1.15 bits per heavy atom. The minimum Gasteiger partial charge on any atom is -0.374 e. The van der Waals surface area contributed by atoms with Gasteiger partial charge in [-0.1, -0.05) is 43.1 Å². The van der Waals surface area contributed by atoms with E-state index in [2.05, 4.69) is 10.6 Å². The van der Waals surface area contributed by atoms with Crippen LogP contribution in [0.1, 0.15) is 30.1 Å². The Morgan fingerprint density at radius 3 is 2.52 bits per heavy atom. The van der Waals surface area contributed by atoms with E-state index in [1.807, 2.05) is 13.0 Å². The number of hydrogen-bond acceptors (Lipinski definition) is 5. The van der Waals surface area contributed by atoms with Crippen molar-refractivity contribution in [2.45, 2.75) is 36.8 Å². The molecule has 3 rings (SSSR count). The molecule has 1 unspecified atom stereocenters. The van der Waals surface area contributed by atoms with Gasteiger partial charge in [0.2, 0.25) is 15.9 Å². The van der Waals surface area contributed by atoms with Gasteiger partial charge in [-0.05, 0) is 42.8 Å². The number of hydrogen-bond donors (Lipinski definition) is 2. The number of carbonyl (C=O) groups excluding carboxylic acids is 2. The van der Waals surface area contributed by atoms with Crippen LogP contribution in [-0.4, -0.2) is 62.9 Å². The van der Waals surface area contributed by atoms with Gasteiger partial charge in [0.25, 0.3) is 5.91 Å². The molecule has 0 bridgehead atoms. The molecule has 0 saturated carbocycles. The summed E-state index contributed by atoms with van der Waals surface area (Å²) in [7, 11) is -3.70. The first-order valence-electron chi connectivity index (χ1n) is 10.8. The van der Waals surface area contributed by atoms with Crippen LogP contribution in [0.5, 0.6) is 0 Å². The Hall–Kier alpha value is -2.46. The van der Waals surface area contributed by atoms with Crippen LogP contribution in [0.4, 0.5) is 0 Å². The average molecular weight is 494 g/mol. The van der Waals surface area contributed by atoms with Gasteiger partial charge < -0.3 is 15.4 Å². The molecule has 1 saturated heterocycles. The van der Waals surface area contributed by atoms with Gasteiger partial charge in [0.1, 0.15) is 6.04 Å². The molecule has 2 aromatic carbocycles. The van der Waals surface area contributed by atoms with Crippen molar-refractivity contribution in [3.05, 3.63) is 65.2 Å². The third-order valence-corrected chi connectivity index (χ3v) is 7.42. The minimum absolute atomic E-state index is 0.111. The lowest BCUT2D eigenvalue weighted by atomic mass is 10.1. The van der Waals surface area contributed by atoms with Crippen molar-refractivity contribution in [3.8, 4) is 0 Å². The molecule has 0 radical (unpaired) electrons. The van der Waals surface area contributed by atoms with Crippen molar-refractivity contribution < 1.29 is 22.7 Å². The van der Waals surface area contributed by atoms with Crippen LogP contribution >= 0.6 is 11.6 Å². The van der Waals surface area contributed by atoms with Crippen LogP contribution in [0.2, 0.25) is 5.02 Å². The van der Waals surface area contributed by atoms with E-state index in [1.165, 1.54) is 28.6 Å². The number of carbonyl (C=O) groups is 2. The SMILES string of the molecule is CCC[C@H](NC(=O)c1ccccc1)C(=O)NCC1CN(S(=O)(=O)c2ccc(Cl)cc2)CCO1. The van der Waals surface area contributed by atoms with E-state index in [0.717, 1.165) is 0 Å². The molecular weight excluding hydrogens is 466 g/mol. The first kappa shape index (κ1) is 25.2. The van der Waals surface area contributed by atoms with E-state index in [1.54, 1.807) is 24.3 Å². The van der Waals surface area contributed by atoms with Gasteiger partial charge >= 0.3 is 0 Å². The molecule has 1 fully saturated rings. The molecule has 2 aromatic rings. The Balaban J connectivity index is 1.57. The van der Waals surface area contributed by atoms with Crippen molar-refractivity contribution in [3.63, 3.8) is 0 Å². The van der Waals surface area contributed by atoms with Crippen molar-refractivity contribution in [2.75, 3.05) is 26.2 Å². The van der Waals surface area contributed by atoms with Gasteiger partial charge in [0, 0.05) is 30.2 Å². The fourth-order valence-electron chi connectivity index (χ4n) is 3.52. The molecule has 0 aromatic heterocycles. The topological polar surface area (TPSA) is 105 Å². The van der Waals surface area contributed by atoms with Gasteiger partial charge in [-0.25, -0.2) is 8.42 Å². The molecule has 1 aliphatic rings. The number of benzene rings is 2. The number of amides is 2. The normalized spacial score (nSPS) is 17.8. The summed E-state index contributed by atoms with van der Waals surface area (Å²) in [5, 5.41) is 6.02. The summed E-state index contributed by atoms with van der Waals surface area (Å²) in [4.78, 5) is 25.4. The molecule has 0 aliphatic carbocycles. The van der Waals surface area contributed by atoms with Crippen LogP contribution in [0.15, 0.2) is 59.5 Å². The zero-order valence-corrected chi connectivity index (χ0v) is 19.9. The number of halogens is 1. The maximum absolute atomic E-state index is 12.9. The second-order valence-electron chi connectivity index (χ2n) is 7.74. The lowest BCUT2D eigenvalue weighted by Gasteiger charge is -2.32. The molecule has 2 N–H and O–H groups in total. The average Bonchev–Trinajstić information content (AvgIpc) is 2.83. The van der Waals surface area contributed by atoms with Crippen LogP contribution in [0.3, 0.4) is 0 Å². The third kappa shape index (κ3) is 6.77. The quantitative estimate of drug-likeness (QED) is 0.558. The fourth-order valence-corrected chi connectivity index (χ4v) is 5.10. The molecule has 178 valence electrons. The monoisotopic (exact) mass is 493 g/mol. The van der Waals surface area contributed by atoms with Crippen LogP contribution in [-0.2, 0) is 19.6 Å². The van der Waals surface area contributed by atoms with Gasteiger partial charge in [0.05, 0.1) is 17.6 Å². The van der Waals surface area contributed by atoms with Crippen LogP contribution < -0.4 is 10.6 Å². The predicted molar refractivity (Wildman–Crippen MR) is 126 cm³/mol. The van der Waals surface area contributed by atoms with Crippen molar-refractivity contribution in [1.82, 2.24) is 14.9 Å². The molecule has 2 amide bonds. The van der Waals surface area contributed by atoms with E-state index >= 15 is 0 Å². The number of nitrogens with zero attached hydrogens (tertiary/aromatic N) is 1. The van der Waals surface area contributed by atoms with Crippen molar-refractivity contribution in [2.24, 2.45) is 0 Å². The molecule has 8 nitrogen and oxygen atoms in total. The van der Waals surface area contributed by atoms with Crippen LogP contribution in [0.25, 0.3) is 0 Å². The summed E-state index contributed by atoms with van der Waals surface area (Å²) in [6, 6.07) is 14.0. The van der Waals surface area contributed by atoms with E-state index < -0.39 is 22.2 Å². The van der Waals surface area contributed by atoms with Gasteiger partial charge in [-0.3, -0.25) is 9.59 Å². The van der Waals surface area contributed by atoms with E-state index in [9.17, 15) is 18.0 Å². The van der Waals surface area contributed by atoms with Crippen molar-refractivity contribution in [1.29, 1.82) is 0 Å². The molecule has 33 heavy (non-hydrogen) atoms. The minimum atomic E-state index is -3.70. The zero-order chi connectivity index (χ0) is 23.8. The Bertz CT molecular complexity index is 1050. The highest BCUT2D eigenvalue weighted by Gasteiger charge is 2.31. The highest BCUT2D eigenvalue weighted by Crippen LogP contribution is 2.20. The smallest absolute Gasteiger partial charge is 0.251 e. The standard InChI is InChI=1S/C23H28ClN3O5S/c1-2-6-21(26-22(28)17-7-4-3-5-8-17)23(29)25-15-19-16-27(13-14-32-19)33(30,31)20-11-9-18(24)10-12-20/h3-5,7-12,19,21H,2,6,13-16H2,1H3,(H,25,29)(H,26,28)/t19?,21-/m0/s1. The van der Waals surface area contributed by atoms with Crippen molar-refractivity contribution >= 4 is 33.4 Å². The molecule has 10 heteroatoms. The Morgan fingerprint density at radius 2 is 1.85 bits per heavy atom. The maximum Gasteiger partial charge on any atom is 0.251 e. The lowest BCUT2D eigenvalue weighted by molar-refractivity contribution is -0.124. The van der Waals surface area contributed by atoms with E-state index in [-0.39, 0.29) is 43.0 Å². The number of nitrogens with one attached hydrogen (secondary N) is 2. The maximum atomic E-state index is 12.9. The second kappa shape index (κ2) is 11.6. The zero-order valence-electron chi connectivity index (χ0n) is 18.4. The predicted octanol–water partition coefficient (Wildman–Crippen LogP) is 2.44. The third-order valence-electron chi connectivity index (χ3n) is 5.29. The number of morpholine rings is 1. The molecule has 1 aliphatic heterocycles. The number of sulfonamides is 1. The van der Waals surface area contributed by atoms with Gasteiger partial charge in [0.15, 0.2) is 0 Å². The van der Waals surface area contributed by atoms with Crippen LogP contribution in [0, 0.1) is 0 Å². The van der Waals surface area contributed by atoms with E-state index in [4.69, 9.17) is 16.3 Å². The second-order valence-corrected chi connectivity index (χ2v) is 10.1. The van der Waals surface area contributed by atoms with Gasteiger partial charge in [-0.15, -0.1) is 0 Å².